The monoisotopic (exact) mass is 456 g/mol. The summed E-state index contributed by atoms with van der Waals surface area (Å²) >= 11 is 0. The molecule has 3 fully saturated rings. The van der Waals surface area contributed by atoms with Gasteiger partial charge in [-0.3, -0.25) is 4.79 Å². The minimum atomic E-state index is -0.960. The highest BCUT2D eigenvalue weighted by molar-refractivity contribution is 5.85. The average molecular weight is 457 g/mol. The predicted octanol–water partition coefficient (Wildman–Crippen LogP) is 4.82. The molecule has 0 bridgehead atoms. The SMILES string of the molecule is CC1(C)CC[C@@H]2C(=O)C[C@]3(C)C(=CC[C@@H]4[C@@]5(C)C[C@H](O)[C@H](O)[C@@](C)(CO)C5=CC[C@]43C)[C@@H]2C1. The summed E-state index contributed by atoms with van der Waals surface area (Å²) < 4.78 is 0. The molecule has 3 saturated carbocycles. The highest BCUT2D eigenvalue weighted by atomic mass is 16.3. The van der Waals surface area contributed by atoms with Crippen LogP contribution in [-0.2, 0) is 4.79 Å². The van der Waals surface area contributed by atoms with Crippen LogP contribution < -0.4 is 0 Å². The number of carbonyl (C=O) groups is 1. The Kier molecular flexibility index (Phi) is 5.07. The van der Waals surface area contributed by atoms with E-state index in [-0.39, 0.29) is 40.1 Å². The first-order chi connectivity index (χ1) is 15.2. The molecular formula is C29H44O4. The van der Waals surface area contributed by atoms with Crippen LogP contribution in [0.1, 0.15) is 86.5 Å². The van der Waals surface area contributed by atoms with Gasteiger partial charge in [-0.2, -0.15) is 0 Å². The molecule has 0 aromatic rings. The number of allylic oxidation sites excluding steroid dienone is 3. The zero-order valence-electron chi connectivity index (χ0n) is 21.4. The van der Waals surface area contributed by atoms with Crippen molar-refractivity contribution in [2.45, 2.75) is 98.7 Å². The van der Waals surface area contributed by atoms with Crippen LogP contribution in [0.2, 0.25) is 0 Å². The molecule has 0 aromatic heterocycles. The van der Waals surface area contributed by atoms with Crippen molar-refractivity contribution in [2.24, 2.45) is 44.8 Å². The molecule has 4 heteroatoms. The molecule has 5 aliphatic rings. The van der Waals surface area contributed by atoms with Gasteiger partial charge >= 0.3 is 0 Å². The number of fused-ring (bicyclic) bond motifs is 7. The number of carbonyl (C=O) groups excluding carboxylic acids is 1. The Morgan fingerprint density at radius 1 is 1.00 bits per heavy atom. The topological polar surface area (TPSA) is 77.8 Å². The van der Waals surface area contributed by atoms with Crippen molar-refractivity contribution in [2.75, 3.05) is 6.61 Å². The lowest BCUT2D eigenvalue weighted by molar-refractivity contribution is -0.157. The molecule has 4 nitrogen and oxygen atoms in total. The fourth-order valence-electron chi connectivity index (χ4n) is 9.60. The van der Waals surface area contributed by atoms with E-state index in [1.807, 2.05) is 6.92 Å². The Hall–Kier alpha value is -0.970. The first-order valence-electron chi connectivity index (χ1n) is 13.1. The van der Waals surface area contributed by atoms with Gasteiger partial charge in [-0.1, -0.05) is 64.8 Å². The van der Waals surface area contributed by atoms with E-state index >= 15 is 0 Å². The summed E-state index contributed by atoms with van der Waals surface area (Å²) in [5.74, 6) is 1.26. The minimum absolute atomic E-state index is 0.101. The number of rotatable bonds is 1. The van der Waals surface area contributed by atoms with Gasteiger partial charge in [0.25, 0.3) is 0 Å². The third kappa shape index (κ3) is 2.90. The molecule has 0 spiro atoms. The van der Waals surface area contributed by atoms with Crippen LogP contribution in [-0.4, -0.2) is 39.9 Å². The maximum atomic E-state index is 13.6. The average Bonchev–Trinajstić information content (AvgIpc) is 2.72. The minimum Gasteiger partial charge on any atom is -0.395 e. The molecule has 0 saturated heterocycles. The molecule has 0 unspecified atom stereocenters. The number of aliphatic hydroxyl groups is 3. The smallest absolute Gasteiger partial charge is 0.137 e. The quantitative estimate of drug-likeness (QED) is 0.494. The van der Waals surface area contributed by atoms with Gasteiger partial charge in [-0.25, -0.2) is 0 Å². The van der Waals surface area contributed by atoms with Crippen molar-refractivity contribution in [1.82, 2.24) is 0 Å². The first kappa shape index (κ1) is 23.8. The van der Waals surface area contributed by atoms with Crippen LogP contribution in [0, 0.1) is 44.8 Å². The van der Waals surface area contributed by atoms with Crippen molar-refractivity contribution in [1.29, 1.82) is 0 Å². The largest absolute Gasteiger partial charge is 0.395 e. The fraction of sp³-hybridized carbons (Fsp3) is 0.828. The second-order valence-electron chi connectivity index (χ2n) is 14.0. The van der Waals surface area contributed by atoms with Crippen molar-refractivity contribution in [3.05, 3.63) is 23.3 Å². The number of aliphatic hydroxyl groups excluding tert-OH is 3. The first-order valence-corrected chi connectivity index (χ1v) is 13.1. The Bertz CT molecular complexity index is 932. The Labute approximate surface area is 199 Å². The van der Waals surface area contributed by atoms with Crippen molar-refractivity contribution < 1.29 is 20.1 Å². The van der Waals surface area contributed by atoms with E-state index in [4.69, 9.17) is 0 Å². The summed E-state index contributed by atoms with van der Waals surface area (Å²) in [6.07, 6.45) is 9.10. The summed E-state index contributed by atoms with van der Waals surface area (Å²) in [7, 11) is 0. The van der Waals surface area contributed by atoms with Gasteiger partial charge in [-0.05, 0) is 66.6 Å². The molecule has 0 amide bonds. The molecule has 3 N–H and O–H groups in total. The van der Waals surface area contributed by atoms with Gasteiger partial charge in [0.15, 0.2) is 0 Å². The second kappa shape index (κ2) is 7.04. The lowest BCUT2D eigenvalue weighted by Gasteiger charge is -2.68. The van der Waals surface area contributed by atoms with Gasteiger partial charge in [0.1, 0.15) is 5.78 Å². The maximum absolute atomic E-state index is 13.6. The zero-order valence-corrected chi connectivity index (χ0v) is 21.4. The molecule has 5 aliphatic carbocycles. The van der Waals surface area contributed by atoms with Gasteiger partial charge in [0.2, 0.25) is 0 Å². The number of hydrogen-bond acceptors (Lipinski definition) is 4. The van der Waals surface area contributed by atoms with E-state index < -0.39 is 17.6 Å². The predicted molar refractivity (Wildman–Crippen MR) is 129 cm³/mol. The highest BCUT2D eigenvalue weighted by Crippen LogP contribution is 2.72. The summed E-state index contributed by atoms with van der Waals surface area (Å²) in [4.78, 5) is 13.6. The van der Waals surface area contributed by atoms with Gasteiger partial charge < -0.3 is 15.3 Å². The molecule has 0 heterocycles. The van der Waals surface area contributed by atoms with Crippen molar-refractivity contribution in [3.63, 3.8) is 0 Å². The molecule has 5 rings (SSSR count). The lowest BCUT2D eigenvalue weighted by atomic mass is 9.36. The van der Waals surface area contributed by atoms with E-state index in [2.05, 4.69) is 46.8 Å². The van der Waals surface area contributed by atoms with Crippen LogP contribution in [0.15, 0.2) is 23.3 Å². The molecule has 33 heavy (non-hydrogen) atoms. The van der Waals surface area contributed by atoms with Crippen molar-refractivity contribution in [3.8, 4) is 0 Å². The second-order valence-corrected chi connectivity index (χ2v) is 14.0. The van der Waals surface area contributed by atoms with Crippen LogP contribution in [0.4, 0.5) is 0 Å². The zero-order chi connectivity index (χ0) is 24.2. The van der Waals surface area contributed by atoms with Gasteiger partial charge in [0.05, 0.1) is 18.8 Å². The molecule has 9 atom stereocenters. The number of hydrogen-bond donors (Lipinski definition) is 3. The van der Waals surface area contributed by atoms with Crippen LogP contribution in [0.5, 0.6) is 0 Å². The standard InChI is InChI=1S/C29H44O4/c1-25(2)11-9-17-18(13-25)19-7-8-23-26(3)14-21(32)24(33)27(4,16-30)22(26)10-12-28(23,5)29(19,6)15-20(17)31/h7,10,17-18,21,23-24,30,32-33H,8-9,11-16H2,1-6H3/t17-,18+,21-,23+,24-,26-,27-,28+,29+/m0/s1. The van der Waals surface area contributed by atoms with E-state index in [0.717, 1.165) is 37.7 Å². The Balaban J connectivity index is 1.62. The lowest BCUT2D eigenvalue weighted by Crippen LogP contribution is -2.64. The summed E-state index contributed by atoms with van der Waals surface area (Å²) in [5.41, 5.74) is 1.46. The third-order valence-electron chi connectivity index (χ3n) is 11.7. The van der Waals surface area contributed by atoms with Gasteiger partial charge in [-0.15, -0.1) is 0 Å². The van der Waals surface area contributed by atoms with E-state index in [1.54, 1.807) is 0 Å². The van der Waals surface area contributed by atoms with Gasteiger partial charge in [0, 0.05) is 23.2 Å². The summed E-state index contributed by atoms with van der Waals surface area (Å²) in [5, 5.41) is 32.1. The van der Waals surface area contributed by atoms with Crippen LogP contribution in [0.25, 0.3) is 0 Å². The molecule has 184 valence electrons. The van der Waals surface area contributed by atoms with Crippen LogP contribution >= 0.6 is 0 Å². The Morgan fingerprint density at radius 2 is 1.70 bits per heavy atom. The van der Waals surface area contributed by atoms with E-state index in [0.29, 0.717) is 24.5 Å². The highest BCUT2D eigenvalue weighted by Gasteiger charge is 2.67. The summed E-state index contributed by atoms with van der Waals surface area (Å²) in [6.45, 7) is 13.4. The van der Waals surface area contributed by atoms with Crippen LogP contribution in [0.3, 0.4) is 0 Å². The normalized spacial score (nSPS) is 53.1. The summed E-state index contributed by atoms with van der Waals surface area (Å²) in [6, 6.07) is 0. The Morgan fingerprint density at radius 3 is 2.36 bits per heavy atom. The van der Waals surface area contributed by atoms with E-state index in [1.165, 1.54) is 5.57 Å². The van der Waals surface area contributed by atoms with Crippen molar-refractivity contribution >= 4 is 5.78 Å². The molecular weight excluding hydrogens is 412 g/mol. The van der Waals surface area contributed by atoms with E-state index in [9.17, 15) is 20.1 Å². The maximum Gasteiger partial charge on any atom is 0.137 e. The number of ketones is 1. The third-order valence-corrected chi connectivity index (χ3v) is 11.7. The number of Topliss-reactive ketones (excluding diaryl/α,β-unsaturated/α-hetero) is 1. The molecule has 0 aliphatic heterocycles. The molecule has 0 radical (unpaired) electrons. The fourth-order valence-corrected chi connectivity index (χ4v) is 9.60. The molecule has 0 aromatic carbocycles.